The second-order valence-electron chi connectivity index (χ2n) is 31.8. The SMILES string of the molecule is O=C(Nc1cn([C@@H]2CCOC2=O)nc1-c1cc(OC(F)F)ccc1OC(F)F)c1cnn2cccnc12.O=C(Nc1cn([C@@H]2CCOC2=O)nc1-c1cc2c(cc1OC(F)F)NCCO2)c1cnn2cccnc12.O=C(Nc1cn([C@H]2CCOC2=O)nc1-c1cc(OC(F)F)ccc1OC(F)F)c1cnn2cccnc12.O=C(Nc1cn([C@H]2CCOC2=O)nc1-c1cc2c(cc1OC(F)F)NCCO2)c1cnn2cccnc12. The molecule has 764 valence electrons. The van der Waals surface area contributed by atoms with Gasteiger partial charge in [-0.25, -0.2) is 57.2 Å². The Hall–Kier alpha value is -18.9. The van der Waals surface area contributed by atoms with Gasteiger partial charge >= 0.3 is 63.5 Å². The Kier molecular flexibility index (Phi) is 28.0. The Labute approximate surface area is 817 Å². The predicted molar refractivity (Wildman–Crippen MR) is 481 cm³/mol. The van der Waals surface area contributed by atoms with E-state index in [1.807, 2.05) is 0 Å². The van der Waals surface area contributed by atoms with Crippen LogP contribution in [0.15, 0.2) is 184 Å². The van der Waals surface area contributed by atoms with E-state index >= 15 is 0 Å². The number of nitrogens with zero attached hydrogens (tertiary/aromatic N) is 20. The summed E-state index contributed by atoms with van der Waals surface area (Å²) in [7, 11) is 0. The third-order valence-corrected chi connectivity index (χ3v) is 22.7. The Morgan fingerprint density at radius 1 is 0.331 bits per heavy atom. The zero-order valence-electron chi connectivity index (χ0n) is 75.2. The van der Waals surface area contributed by atoms with Crippen LogP contribution in [0.1, 0.15) is 91.3 Å². The van der Waals surface area contributed by atoms with Crippen LogP contribution in [0.25, 0.3) is 67.6 Å². The Balaban J connectivity index is 0.000000124. The number of alkyl halides is 12. The zero-order valence-corrected chi connectivity index (χ0v) is 75.2. The van der Waals surface area contributed by atoms with Crippen molar-refractivity contribution in [2.75, 3.05) is 84.6 Å². The number of benzene rings is 4. The first-order valence-electron chi connectivity index (χ1n) is 44.1. The number of cyclic esters (lactones) is 4. The summed E-state index contributed by atoms with van der Waals surface area (Å²) in [4.78, 5) is 118. The fraction of sp³-hybridized carbons (Fsp3) is 0.244. The predicted octanol–water partition coefficient (Wildman–Crippen LogP) is 12.5. The number of halogens is 12. The van der Waals surface area contributed by atoms with Gasteiger partial charge in [0, 0.05) is 100 Å². The number of hydrogen-bond acceptors (Lipinski definition) is 34. The molecule has 0 aliphatic carbocycles. The van der Waals surface area contributed by atoms with Crippen LogP contribution in [0.3, 0.4) is 0 Å². The van der Waals surface area contributed by atoms with E-state index in [4.69, 9.17) is 37.9 Å². The van der Waals surface area contributed by atoms with Crippen LogP contribution in [-0.4, -0.2) is 237 Å². The molecule has 0 unspecified atom stereocenters. The first-order valence-corrected chi connectivity index (χ1v) is 44.1. The summed E-state index contributed by atoms with van der Waals surface area (Å²) < 4.78 is 227. The number of hydrogen-bond donors (Lipinski definition) is 6. The van der Waals surface area contributed by atoms with Crippen molar-refractivity contribution in [2.24, 2.45) is 0 Å². The molecule has 58 heteroatoms. The minimum Gasteiger partial charge on any atom is -0.490 e. The van der Waals surface area contributed by atoms with Gasteiger partial charge in [0.15, 0.2) is 46.8 Å². The Bertz CT molecular complexity index is 7320. The molecule has 16 aromatic rings. The number of anilines is 6. The zero-order chi connectivity index (χ0) is 103. The minimum absolute atomic E-state index is 0.0340. The number of nitrogens with one attached hydrogen (secondary N) is 6. The molecule has 22 rings (SSSR count). The Morgan fingerprint density at radius 2 is 0.595 bits per heavy atom. The molecule has 0 bridgehead atoms. The van der Waals surface area contributed by atoms with Crippen molar-refractivity contribution in [3.05, 3.63) is 206 Å². The van der Waals surface area contributed by atoms with E-state index < -0.39 is 123 Å². The number of ether oxygens (including phenoxy) is 12. The average Bonchev–Trinajstić information content (AvgIpc) is 1.62. The summed E-state index contributed by atoms with van der Waals surface area (Å²) in [6.07, 6.45) is 24.5. The summed E-state index contributed by atoms with van der Waals surface area (Å²) in [5.41, 5.74) is 2.65. The van der Waals surface area contributed by atoms with Gasteiger partial charge in [0.25, 0.3) is 23.6 Å². The van der Waals surface area contributed by atoms with Gasteiger partial charge in [0.05, 0.1) is 132 Å². The van der Waals surface area contributed by atoms with Crippen LogP contribution in [0, 0.1) is 0 Å². The van der Waals surface area contributed by atoms with E-state index in [9.17, 15) is 91.0 Å². The van der Waals surface area contributed by atoms with Crippen molar-refractivity contribution in [3.63, 3.8) is 0 Å². The first-order chi connectivity index (χ1) is 71.5. The lowest BCUT2D eigenvalue weighted by molar-refractivity contribution is -0.141. The van der Waals surface area contributed by atoms with E-state index in [2.05, 4.69) is 112 Å². The molecule has 0 spiro atoms. The molecule has 6 aliphatic rings. The van der Waals surface area contributed by atoms with Crippen LogP contribution < -0.4 is 69.8 Å². The van der Waals surface area contributed by atoms with Crippen molar-refractivity contribution < 1.29 is 148 Å². The van der Waals surface area contributed by atoms with Gasteiger partial charge < -0.3 is 88.7 Å². The van der Waals surface area contributed by atoms with Crippen LogP contribution >= 0.6 is 0 Å². The molecule has 0 radical (unpaired) electrons. The number of fused-ring (bicyclic) bond motifs is 6. The molecule has 6 N–H and O–H groups in total. The van der Waals surface area contributed by atoms with E-state index in [0.717, 1.165) is 36.4 Å². The van der Waals surface area contributed by atoms with Crippen molar-refractivity contribution in [1.29, 1.82) is 0 Å². The maximum atomic E-state index is 13.3. The highest BCUT2D eigenvalue weighted by molar-refractivity contribution is 6.13. The van der Waals surface area contributed by atoms with Gasteiger partial charge in [0.2, 0.25) is 0 Å². The lowest BCUT2D eigenvalue weighted by Crippen LogP contribution is -2.18. The van der Waals surface area contributed by atoms with Crippen LogP contribution in [0.4, 0.5) is 86.8 Å². The van der Waals surface area contributed by atoms with Crippen molar-refractivity contribution in [1.82, 2.24) is 97.5 Å². The lowest BCUT2D eigenvalue weighted by atomic mass is 10.1. The molecule has 4 saturated heterocycles. The Morgan fingerprint density at radius 3 is 0.851 bits per heavy atom. The molecule has 4 fully saturated rings. The molecule has 6 aliphatic heterocycles. The van der Waals surface area contributed by atoms with Crippen molar-refractivity contribution >= 4 is 104 Å². The summed E-state index contributed by atoms with van der Waals surface area (Å²) in [5, 5.41) is 50.8. The molecule has 4 amide bonds. The fourth-order valence-corrected chi connectivity index (χ4v) is 16.2. The molecular weight excluding hydrogens is 1990 g/mol. The van der Waals surface area contributed by atoms with Gasteiger partial charge in [-0.3, -0.25) is 37.9 Å². The minimum atomic E-state index is -3.25. The summed E-state index contributed by atoms with van der Waals surface area (Å²) in [5.74, 6) is -5.77. The third kappa shape index (κ3) is 21.2. The average molecular weight is 2060 g/mol. The highest BCUT2D eigenvalue weighted by atomic mass is 19.3. The second kappa shape index (κ2) is 42.3. The maximum absolute atomic E-state index is 13.3. The van der Waals surface area contributed by atoms with Crippen molar-refractivity contribution in [3.8, 4) is 91.0 Å². The smallest absolute Gasteiger partial charge is 0.387 e. The van der Waals surface area contributed by atoms with E-state index in [1.54, 1.807) is 49.1 Å². The monoisotopic (exact) mass is 2060 g/mol. The molecule has 4 aromatic carbocycles. The lowest BCUT2D eigenvalue weighted by Gasteiger charge is -2.21. The summed E-state index contributed by atoms with van der Waals surface area (Å²) >= 11 is 0. The van der Waals surface area contributed by atoms with Crippen molar-refractivity contribution in [2.45, 2.75) is 89.5 Å². The van der Waals surface area contributed by atoms with Gasteiger partial charge in [-0.15, -0.1) is 0 Å². The number of aromatic nitrogens is 20. The first kappa shape index (κ1) is 97.9. The van der Waals surface area contributed by atoms with E-state index in [-0.39, 0.29) is 164 Å². The highest BCUT2D eigenvalue weighted by Crippen LogP contribution is 2.48. The maximum Gasteiger partial charge on any atom is 0.387 e. The number of carbonyl (C=O) groups excluding carboxylic acids is 8. The van der Waals surface area contributed by atoms with Gasteiger partial charge in [-0.2, -0.15) is 93.5 Å². The van der Waals surface area contributed by atoms with Gasteiger partial charge in [-0.05, 0) is 72.8 Å². The van der Waals surface area contributed by atoms with E-state index in [0.29, 0.717) is 73.3 Å². The molecule has 46 nitrogen and oxygen atoms in total. The number of carbonyl (C=O) groups is 8. The van der Waals surface area contributed by atoms with Crippen LogP contribution in [0.5, 0.6) is 46.0 Å². The van der Waals surface area contributed by atoms with E-state index in [1.165, 1.54) is 135 Å². The second-order valence-corrected chi connectivity index (χ2v) is 31.8. The highest BCUT2D eigenvalue weighted by Gasteiger charge is 2.39. The fourth-order valence-electron chi connectivity index (χ4n) is 16.2. The van der Waals surface area contributed by atoms with Crippen LogP contribution in [-0.2, 0) is 38.1 Å². The van der Waals surface area contributed by atoms with Gasteiger partial charge in [0.1, 0.15) is 104 Å². The molecule has 0 saturated carbocycles. The normalized spacial score (nSPS) is 16.1. The standard InChI is InChI=1S/2C23H19F2N7O5.2C22H16F4N6O5/c2*24-23(25)37-17-9-14-18(35-7-4-26-14)8-12(17)19-15(11-32(30-19)16-2-6-36-22(16)34)29-21(33)13-10-28-31-5-1-3-27-20(13)31;2*23-21(24)36-11-2-3-16(37-22(25)26)12(8-11)17-14(10-32(30-17)15-4-7-35-20(15)34)29-19(33)13-9-28-31-6-1-5-27-18(13)31/h2*1,3,5,8-11,16,23,26H,2,4,6-7H2,(H,29,33);2*1-3,5-6,8-10,15,21-22H,4,7H2,(H,29,33)/t2*16-;2*15-/m1010/s1. The largest absolute Gasteiger partial charge is 0.490 e. The molecule has 4 atom stereocenters. The quantitative estimate of drug-likeness (QED) is 0.0151. The summed E-state index contributed by atoms with van der Waals surface area (Å²) in [6.45, 7) is -16.7. The van der Waals surface area contributed by atoms with Gasteiger partial charge in [-0.1, -0.05) is 0 Å². The molecule has 12 aromatic heterocycles. The number of rotatable bonds is 28. The number of amides is 4. The van der Waals surface area contributed by atoms with Crippen LogP contribution in [0.2, 0.25) is 0 Å². The summed E-state index contributed by atoms with van der Waals surface area (Å²) in [6, 6.07) is 15.2. The number of esters is 4. The third-order valence-electron chi connectivity index (χ3n) is 22.7. The molecule has 18 heterocycles. The molecule has 148 heavy (non-hydrogen) atoms. The molecular formula is C90H70F12N26O20. The topological polar surface area (TPSA) is 512 Å².